The van der Waals surface area contributed by atoms with Gasteiger partial charge in [-0.25, -0.2) is 4.79 Å². The van der Waals surface area contributed by atoms with Gasteiger partial charge in [0.05, 0.1) is 0 Å². The Morgan fingerprint density at radius 1 is 1.24 bits per heavy atom. The predicted molar refractivity (Wildman–Crippen MR) is 79.0 cm³/mol. The summed E-state index contributed by atoms with van der Waals surface area (Å²) in [6.07, 6.45) is 1.49. The van der Waals surface area contributed by atoms with Crippen molar-refractivity contribution in [2.24, 2.45) is 11.8 Å². The summed E-state index contributed by atoms with van der Waals surface area (Å²) < 4.78 is 5.45. The standard InChI is InChI=1S/C15H22N4O2/c1-15(2,3)21-14(20)19-9-11-7-18(8-12(11)10-19)13-5-4-6-16-17-13/h4-6,11-12H,7-10H2,1-3H3/t11-,12-/m0/s1. The Labute approximate surface area is 125 Å². The molecule has 114 valence electrons. The van der Waals surface area contributed by atoms with Crippen LogP contribution < -0.4 is 4.90 Å². The molecule has 1 aromatic heterocycles. The monoisotopic (exact) mass is 290 g/mol. The van der Waals surface area contributed by atoms with E-state index in [1.54, 1.807) is 6.20 Å². The molecule has 0 aliphatic carbocycles. The highest BCUT2D eigenvalue weighted by molar-refractivity contribution is 5.68. The molecule has 1 aromatic rings. The van der Waals surface area contributed by atoms with Crippen LogP contribution in [0.2, 0.25) is 0 Å². The van der Waals surface area contributed by atoms with Crippen LogP contribution in [0, 0.1) is 11.8 Å². The Bertz CT molecular complexity index is 500. The van der Waals surface area contributed by atoms with Gasteiger partial charge in [0.15, 0.2) is 5.82 Å². The van der Waals surface area contributed by atoms with Gasteiger partial charge in [-0.2, -0.15) is 5.10 Å². The number of ether oxygens (including phenoxy) is 1. The van der Waals surface area contributed by atoms with Gasteiger partial charge in [0.1, 0.15) is 5.60 Å². The van der Waals surface area contributed by atoms with E-state index in [2.05, 4.69) is 15.1 Å². The highest BCUT2D eigenvalue weighted by Crippen LogP contribution is 2.33. The molecule has 2 aliphatic rings. The molecule has 0 unspecified atom stereocenters. The zero-order valence-corrected chi connectivity index (χ0v) is 12.8. The molecule has 2 fully saturated rings. The predicted octanol–water partition coefficient (Wildman–Crippen LogP) is 1.78. The summed E-state index contributed by atoms with van der Waals surface area (Å²) in [6, 6.07) is 3.89. The van der Waals surface area contributed by atoms with Crippen molar-refractivity contribution in [3.05, 3.63) is 18.3 Å². The molecule has 6 nitrogen and oxygen atoms in total. The number of anilines is 1. The average molecular weight is 290 g/mol. The van der Waals surface area contributed by atoms with E-state index in [1.807, 2.05) is 37.8 Å². The lowest BCUT2D eigenvalue weighted by molar-refractivity contribution is 0.0282. The SMILES string of the molecule is CC(C)(C)OC(=O)N1C[C@@H]2CN(c3cccnn3)C[C@H]2C1. The first-order valence-electron chi connectivity index (χ1n) is 7.43. The van der Waals surface area contributed by atoms with Crippen molar-refractivity contribution >= 4 is 11.9 Å². The molecule has 2 atom stereocenters. The van der Waals surface area contributed by atoms with Gasteiger partial charge in [-0.1, -0.05) is 0 Å². The molecule has 1 amide bonds. The lowest BCUT2D eigenvalue weighted by Gasteiger charge is -2.26. The highest BCUT2D eigenvalue weighted by Gasteiger charge is 2.43. The number of hydrogen-bond acceptors (Lipinski definition) is 5. The molecule has 3 heterocycles. The van der Waals surface area contributed by atoms with Crippen molar-refractivity contribution in [1.82, 2.24) is 15.1 Å². The molecule has 0 spiro atoms. The van der Waals surface area contributed by atoms with Crippen LogP contribution in [0.3, 0.4) is 0 Å². The minimum absolute atomic E-state index is 0.192. The van der Waals surface area contributed by atoms with Crippen molar-refractivity contribution in [2.75, 3.05) is 31.1 Å². The maximum atomic E-state index is 12.1. The Morgan fingerprint density at radius 2 is 1.90 bits per heavy atom. The van der Waals surface area contributed by atoms with Crippen LogP contribution >= 0.6 is 0 Å². The number of likely N-dealkylation sites (tertiary alicyclic amines) is 1. The number of amides is 1. The second kappa shape index (κ2) is 5.16. The zero-order chi connectivity index (χ0) is 15.0. The quantitative estimate of drug-likeness (QED) is 0.789. The molecular weight excluding hydrogens is 268 g/mol. The molecule has 21 heavy (non-hydrogen) atoms. The minimum Gasteiger partial charge on any atom is -0.444 e. The number of fused-ring (bicyclic) bond motifs is 1. The van der Waals surface area contributed by atoms with Gasteiger partial charge in [-0.3, -0.25) is 0 Å². The summed E-state index contributed by atoms with van der Waals surface area (Å²) in [6.45, 7) is 9.12. The fraction of sp³-hybridized carbons (Fsp3) is 0.667. The molecule has 0 aromatic carbocycles. The Morgan fingerprint density at radius 3 is 2.43 bits per heavy atom. The molecule has 0 saturated carbocycles. The van der Waals surface area contributed by atoms with Crippen LogP contribution in [0.25, 0.3) is 0 Å². The first-order chi connectivity index (χ1) is 9.92. The van der Waals surface area contributed by atoms with E-state index < -0.39 is 5.60 Å². The lowest BCUT2D eigenvalue weighted by Crippen LogP contribution is -2.37. The minimum atomic E-state index is -0.430. The molecule has 2 saturated heterocycles. The van der Waals surface area contributed by atoms with Gasteiger partial charge < -0.3 is 14.5 Å². The van der Waals surface area contributed by atoms with Crippen LogP contribution in [0.15, 0.2) is 18.3 Å². The third-order valence-corrected chi connectivity index (χ3v) is 4.02. The third-order valence-electron chi connectivity index (χ3n) is 4.02. The van der Waals surface area contributed by atoms with Gasteiger partial charge in [0, 0.05) is 44.2 Å². The summed E-state index contributed by atoms with van der Waals surface area (Å²) >= 11 is 0. The fourth-order valence-corrected chi connectivity index (χ4v) is 3.12. The molecule has 0 bridgehead atoms. The second-order valence-electron chi connectivity index (χ2n) is 6.89. The van der Waals surface area contributed by atoms with E-state index in [0.29, 0.717) is 11.8 Å². The van der Waals surface area contributed by atoms with Crippen LogP contribution in [-0.4, -0.2) is 53.0 Å². The van der Waals surface area contributed by atoms with Gasteiger partial charge in [-0.05, 0) is 32.9 Å². The van der Waals surface area contributed by atoms with Gasteiger partial charge >= 0.3 is 6.09 Å². The van der Waals surface area contributed by atoms with Crippen molar-refractivity contribution < 1.29 is 9.53 Å². The summed E-state index contributed by atoms with van der Waals surface area (Å²) in [7, 11) is 0. The van der Waals surface area contributed by atoms with E-state index in [4.69, 9.17) is 4.74 Å². The smallest absolute Gasteiger partial charge is 0.410 e. The molecule has 3 rings (SSSR count). The number of rotatable bonds is 1. The number of nitrogens with zero attached hydrogens (tertiary/aromatic N) is 4. The van der Waals surface area contributed by atoms with E-state index >= 15 is 0 Å². The largest absolute Gasteiger partial charge is 0.444 e. The van der Waals surface area contributed by atoms with E-state index in [9.17, 15) is 4.79 Å². The number of hydrogen-bond donors (Lipinski definition) is 0. The first kappa shape index (κ1) is 14.1. The fourth-order valence-electron chi connectivity index (χ4n) is 3.12. The number of carbonyl (C=O) groups excluding carboxylic acids is 1. The van der Waals surface area contributed by atoms with Crippen molar-refractivity contribution in [3.8, 4) is 0 Å². The topological polar surface area (TPSA) is 58.6 Å². The van der Waals surface area contributed by atoms with Gasteiger partial charge in [-0.15, -0.1) is 5.10 Å². The Balaban J connectivity index is 1.58. The summed E-state index contributed by atoms with van der Waals surface area (Å²) in [5, 5.41) is 8.09. The molecule has 2 aliphatic heterocycles. The van der Waals surface area contributed by atoms with Crippen LogP contribution in [-0.2, 0) is 4.74 Å². The highest BCUT2D eigenvalue weighted by atomic mass is 16.6. The van der Waals surface area contributed by atoms with Crippen molar-refractivity contribution in [1.29, 1.82) is 0 Å². The van der Waals surface area contributed by atoms with Crippen molar-refractivity contribution in [2.45, 2.75) is 26.4 Å². The lowest BCUT2D eigenvalue weighted by atomic mass is 10.0. The number of aromatic nitrogens is 2. The molecule has 0 N–H and O–H groups in total. The van der Waals surface area contributed by atoms with E-state index in [-0.39, 0.29) is 6.09 Å². The second-order valence-corrected chi connectivity index (χ2v) is 6.89. The molecule has 6 heteroatoms. The van der Waals surface area contributed by atoms with Crippen LogP contribution in [0.4, 0.5) is 10.6 Å². The first-order valence-corrected chi connectivity index (χ1v) is 7.43. The maximum Gasteiger partial charge on any atom is 0.410 e. The maximum absolute atomic E-state index is 12.1. The van der Waals surface area contributed by atoms with E-state index in [1.165, 1.54) is 0 Å². The Hall–Kier alpha value is -1.85. The van der Waals surface area contributed by atoms with E-state index in [0.717, 1.165) is 32.0 Å². The summed E-state index contributed by atoms with van der Waals surface area (Å²) in [5.41, 5.74) is -0.430. The van der Waals surface area contributed by atoms with Gasteiger partial charge in [0.2, 0.25) is 0 Å². The summed E-state index contributed by atoms with van der Waals surface area (Å²) in [4.78, 5) is 16.2. The normalized spacial score (nSPS) is 25.1. The van der Waals surface area contributed by atoms with Crippen molar-refractivity contribution in [3.63, 3.8) is 0 Å². The average Bonchev–Trinajstić information content (AvgIpc) is 2.95. The molecule has 0 radical (unpaired) electrons. The zero-order valence-electron chi connectivity index (χ0n) is 12.8. The van der Waals surface area contributed by atoms with Crippen LogP contribution in [0.5, 0.6) is 0 Å². The summed E-state index contributed by atoms with van der Waals surface area (Å²) in [5.74, 6) is 1.93. The molecular formula is C15H22N4O2. The number of carbonyl (C=O) groups is 1. The Kier molecular flexibility index (Phi) is 3.47. The third kappa shape index (κ3) is 3.09. The van der Waals surface area contributed by atoms with Gasteiger partial charge in [0.25, 0.3) is 0 Å². The van der Waals surface area contributed by atoms with Crippen LogP contribution in [0.1, 0.15) is 20.8 Å².